The molecule has 0 aliphatic carbocycles. The van der Waals surface area contributed by atoms with E-state index in [9.17, 15) is 0 Å². The summed E-state index contributed by atoms with van der Waals surface area (Å²) in [5.74, 6) is 0. The van der Waals surface area contributed by atoms with Crippen molar-refractivity contribution < 1.29 is 0 Å². The van der Waals surface area contributed by atoms with Crippen LogP contribution in [-0.4, -0.2) is 15.0 Å². The molecule has 3 heteroatoms. The van der Waals surface area contributed by atoms with Crippen LogP contribution in [0.3, 0.4) is 0 Å². The fourth-order valence-corrected chi connectivity index (χ4v) is 6.61. The van der Waals surface area contributed by atoms with Crippen molar-refractivity contribution in [3.63, 3.8) is 0 Å². The van der Waals surface area contributed by atoms with Gasteiger partial charge in [0, 0.05) is 33.0 Å². The van der Waals surface area contributed by atoms with Crippen molar-refractivity contribution in [1.82, 2.24) is 15.0 Å². The van der Waals surface area contributed by atoms with Crippen molar-refractivity contribution in [1.29, 1.82) is 0 Å². The zero-order valence-electron chi connectivity index (χ0n) is 26.1. The van der Waals surface area contributed by atoms with Crippen LogP contribution in [0.25, 0.3) is 88.7 Å². The predicted molar refractivity (Wildman–Crippen MR) is 200 cm³/mol. The Morgan fingerprint density at radius 2 is 0.708 bits per heavy atom. The highest BCUT2D eigenvalue weighted by Gasteiger charge is 2.19. The lowest BCUT2D eigenvalue weighted by atomic mass is 9.97. The average molecular weight is 612 g/mol. The van der Waals surface area contributed by atoms with Gasteiger partial charge in [-0.05, 0) is 40.1 Å². The number of hydrogen-bond acceptors (Lipinski definition) is 3. The maximum atomic E-state index is 5.39. The van der Waals surface area contributed by atoms with Crippen molar-refractivity contribution in [2.24, 2.45) is 0 Å². The topological polar surface area (TPSA) is 38.7 Å². The number of hydrogen-bond donors (Lipinski definition) is 0. The molecule has 0 radical (unpaired) electrons. The molecule has 0 N–H and O–H groups in total. The first-order chi connectivity index (χ1) is 23.8. The quantitative estimate of drug-likeness (QED) is 0.144. The maximum Gasteiger partial charge on any atom is 0.0973 e. The minimum Gasteiger partial charge on any atom is -0.248 e. The molecule has 0 aliphatic heterocycles. The van der Waals surface area contributed by atoms with Gasteiger partial charge in [0.05, 0.1) is 33.8 Å². The SMILES string of the molecule is c1ccc(-c2nc(-c3ccccc3)c(-c3ccc(-c4ccc5cc6c(ccc7ccccc76)nc5c4)cc3)nc2-c2ccccc2)cc1. The molecule has 9 aromatic rings. The molecule has 0 saturated carbocycles. The van der Waals surface area contributed by atoms with Crippen molar-refractivity contribution in [2.75, 3.05) is 0 Å². The van der Waals surface area contributed by atoms with Crippen LogP contribution in [0.4, 0.5) is 0 Å². The summed E-state index contributed by atoms with van der Waals surface area (Å²) >= 11 is 0. The smallest absolute Gasteiger partial charge is 0.0973 e. The number of aromatic nitrogens is 3. The van der Waals surface area contributed by atoms with E-state index >= 15 is 0 Å². The second-order valence-electron chi connectivity index (χ2n) is 12.0. The molecule has 2 heterocycles. The van der Waals surface area contributed by atoms with Crippen LogP contribution in [-0.2, 0) is 0 Å². The number of fused-ring (bicyclic) bond motifs is 4. The molecule has 48 heavy (non-hydrogen) atoms. The molecule has 0 fully saturated rings. The van der Waals surface area contributed by atoms with Crippen molar-refractivity contribution >= 4 is 32.6 Å². The van der Waals surface area contributed by atoms with Gasteiger partial charge in [-0.2, -0.15) is 0 Å². The van der Waals surface area contributed by atoms with Gasteiger partial charge in [-0.1, -0.05) is 158 Å². The Morgan fingerprint density at radius 3 is 1.29 bits per heavy atom. The second-order valence-corrected chi connectivity index (χ2v) is 12.0. The molecule has 9 rings (SSSR count). The molecule has 7 aromatic carbocycles. The Labute approximate surface area is 278 Å². The Hall–Kier alpha value is -6.45. The molecule has 0 unspecified atom stereocenters. The molecule has 0 bridgehead atoms. The maximum absolute atomic E-state index is 5.39. The number of nitrogens with zero attached hydrogens (tertiary/aromatic N) is 3. The first-order valence-corrected chi connectivity index (χ1v) is 16.2. The predicted octanol–water partition coefficient (Wildman–Crippen LogP) is 11.7. The lowest BCUT2D eigenvalue weighted by Gasteiger charge is -2.16. The van der Waals surface area contributed by atoms with Gasteiger partial charge in [0.15, 0.2) is 0 Å². The summed E-state index contributed by atoms with van der Waals surface area (Å²) in [6.45, 7) is 0. The summed E-state index contributed by atoms with van der Waals surface area (Å²) < 4.78 is 0. The van der Waals surface area contributed by atoms with E-state index in [0.717, 1.165) is 72.6 Å². The van der Waals surface area contributed by atoms with Gasteiger partial charge >= 0.3 is 0 Å². The fourth-order valence-electron chi connectivity index (χ4n) is 6.61. The van der Waals surface area contributed by atoms with Crippen LogP contribution in [0.2, 0.25) is 0 Å². The summed E-state index contributed by atoms with van der Waals surface area (Å²) in [4.78, 5) is 15.8. The van der Waals surface area contributed by atoms with Crippen LogP contribution in [0.5, 0.6) is 0 Å². The Bertz CT molecular complexity index is 2580. The average Bonchev–Trinajstić information content (AvgIpc) is 3.17. The third kappa shape index (κ3) is 4.99. The van der Waals surface area contributed by atoms with E-state index in [0.29, 0.717) is 0 Å². The highest BCUT2D eigenvalue weighted by molar-refractivity contribution is 6.09. The third-order valence-electron chi connectivity index (χ3n) is 9.05. The Morgan fingerprint density at radius 1 is 0.250 bits per heavy atom. The molecule has 2 aromatic heterocycles. The monoisotopic (exact) mass is 611 g/mol. The largest absolute Gasteiger partial charge is 0.248 e. The van der Waals surface area contributed by atoms with E-state index in [4.69, 9.17) is 15.0 Å². The van der Waals surface area contributed by atoms with Crippen molar-refractivity contribution in [3.8, 4) is 56.2 Å². The minimum atomic E-state index is 0.852. The van der Waals surface area contributed by atoms with Gasteiger partial charge in [-0.25, -0.2) is 15.0 Å². The number of pyridine rings is 1. The second kappa shape index (κ2) is 11.7. The summed E-state index contributed by atoms with van der Waals surface area (Å²) in [7, 11) is 0. The van der Waals surface area contributed by atoms with Gasteiger partial charge in [0.25, 0.3) is 0 Å². The van der Waals surface area contributed by atoms with E-state index < -0.39 is 0 Å². The van der Waals surface area contributed by atoms with Gasteiger partial charge in [-0.3, -0.25) is 0 Å². The molecule has 0 aliphatic rings. The fraction of sp³-hybridized carbons (Fsp3) is 0. The van der Waals surface area contributed by atoms with E-state index in [1.807, 2.05) is 30.3 Å². The lowest BCUT2D eigenvalue weighted by Crippen LogP contribution is -2.00. The molecule has 224 valence electrons. The zero-order chi connectivity index (χ0) is 31.9. The van der Waals surface area contributed by atoms with Crippen LogP contribution in [0, 0.1) is 0 Å². The van der Waals surface area contributed by atoms with Gasteiger partial charge < -0.3 is 0 Å². The lowest BCUT2D eigenvalue weighted by molar-refractivity contribution is 1.21. The van der Waals surface area contributed by atoms with Crippen LogP contribution >= 0.6 is 0 Å². The van der Waals surface area contributed by atoms with Crippen LogP contribution in [0.15, 0.2) is 176 Å². The minimum absolute atomic E-state index is 0.852. The summed E-state index contributed by atoms with van der Waals surface area (Å²) in [6.07, 6.45) is 0. The van der Waals surface area contributed by atoms with Crippen molar-refractivity contribution in [2.45, 2.75) is 0 Å². The molecular weight excluding hydrogens is 583 g/mol. The molecule has 0 spiro atoms. The first-order valence-electron chi connectivity index (χ1n) is 16.2. The molecule has 3 nitrogen and oxygen atoms in total. The van der Waals surface area contributed by atoms with Crippen LogP contribution < -0.4 is 0 Å². The van der Waals surface area contributed by atoms with Gasteiger partial charge in [-0.15, -0.1) is 0 Å². The first kappa shape index (κ1) is 27.8. The van der Waals surface area contributed by atoms with Crippen molar-refractivity contribution in [3.05, 3.63) is 176 Å². The Kier molecular flexibility index (Phi) is 6.80. The van der Waals surface area contributed by atoms with E-state index in [1.54, 1.807) is 0 Å². The molecule has 0 amide bonds. The van der Waals surface area contributed by atoms with Gasteiger partial charge in [0.1, 0.15) is 0 Å². The van der Waals surface area contributed by atoms with Crippen LogP contribution in [0.1, 0.15) is 0 Å². The summed E-state index contributed by atoms with van der Waals surface area (Å²) in [5.41, 5.74) is 11.8. The summed E-state index contributed by atoms with van der Waals surface area (Å²) in [6, 6.07) is 61.3. The van der Waals surface area contributed by atoms with E-state index in [-0.39, 0.29) is 0 Å². The highest BCUT2D eigenvalue weighted by Crippen LogP contribution is 2.38. The number of benzene rings is 7. The highest BCUT2D eigenvalue weighted by atomic mass is 14.9. The summed E-state index contributed by atoms with van der Waals surface area (Å²) in [5, 5.41) is 4.78. The van der Waals surface area contributed by atoms with Gasteiger partial charge in [0.2, 0.25) is 0 Å². The normalized spacial score (nSPS) is 11.3. The standard InChI is InChI=1S/C45H29N3/c1-4-13-32(14-5-1)42-43(33-15-6-2-7-16-33)48-45(44(47-42)34-17-8-3-9-18-34)35-22-20-30(21-23-35)36-24-25-37-28-39-38-19-11-10-12-31(38)26-27-40(39)46-41(37)29-36/h1-29H. The molecular formula is C45H29N3. The third-order valence-corrected chi connectivity index (χ3v) is 9.05. The Balaban J connectivity index is 1.16. The zero-order valence-corrected chi connectivity index (χ0v) is 26.1. The number of rotatable bonds is 5. The van der Waals surface area contributed by atoms with E-state index in [2.05, 4.69) is 146 Å². The van der Waals surface area contributed by atoms with E-state index in [1.165, 1.54) is 16.2 Å². The molecule has 0 atom stereocenters. The molecule has 0 saturated heterocycles.